The van der Waals surface area contributed by atoms with Crippen molar-refractivity contribution in [1.82, 2.24) is 4.90 Å². The highest BCUT2D eigenvalue weighted by Crippen LogP contribution is 2.31. The predicted molar refractivity (Wildman–Crippen MR) is 101 cm³/mol. The second-order valence-electron chi connectivity index (χ2n) is 7.01. The molecule has 1 saturated carbocycles. The predicted octanol–water partition coefficient (Wildman–Crippen LogP) is 3.00. The normalized spacial score (nSPS) is 25.0. The lowest BCUT2D eigenvalue weighted by Gasteiger charge is -2.31. The maximum absolute atomic E-state index is 12.7. The Morgan fingerprint density at radius 1 is 1.17 bits per heavy atom. The molecule has 2 fully saturated rings. The molecule has 3 rings (SSSR count). The molecule has 1 aliphatic heterocycles. The first kappa shape index (κ1) is 17.6. The van der Waals surface area contributed by atoms with Gasteiger partial charge in [0.2, 0.25) is 0 Å². The van der Waals surface area contributed by atoms with Crippen LogP contribution in [0.25, 0.3) is 0 Å². The second kappa shape index (κ2) is 7.79. The summed E-state index contributed by atoms with van der Waals surface area (Å²) in [5, 5.41) is 10.3. The number of carbonyl (C=O) groups is 1. The molecule has 1 N–H and O–H groups in total. The van der Waals surface area contributed by atoms with Crippen molar-refractivity contribution in [3.63, 3.8) is 0 Å². The first-order chi connectivity index (χ1) is 11.6. The monoisotopic (exact) mass is 348 g/mol. The van der Waals surface area contributed by atoms with Crippen LogP contribution < -0.4 is 4.90 Å². The van der Waals surface area contributed by atoms with Crippen molar-refractivity contribution >= 4 is 23.4 Å². The number of thioether (sulfide) groups is 1. The van der Waals surface area contributed by atoms with Crippen molar-refractivity contribution in [3.8, 4) is 0 Å². The summed E-state index contributed by atoms with van der Waals surface area (Å²) in [7, 11) is 1.94. The van der Waals surface area contributed by atoms with E-state index in [1.807, 2.05) is 48.0 Å². The van der Waals surface area contributed by atoms with Crippen molar-refractivity contribution in [3.05, 3.63) is 29.8 Å². The number of rotatable bonds is 4. The van der Waals surface area contributed by atoms with Gasteiger partial charge in [0.05, 0.1) is 6.10 Å². The number of hydrogen-bond acceptors (Lipinski definition) is 4. The number of anilines is 1. The molecule has 1 amide bonds. The van der Waals surface area contributed by atoms with Crippen LogP contribution in [0.1, 0.15) is 42.5 Å². The van der Waals surface area contributed by atoms with Gasteiger partial charge in [-0.3, -0.25) is 4.79 Å². The van der Waals surface area contributed by atoms with E-state index in [-0.39, 0.29) is 12.0 Å². The Balaban J connectivity index is 1.61. The van der Waals surface area contributed by atoms with Crippen LogP contribution in [-0.4, -0.2) is 59.7 Å². The third-order valence-corrected chi connectivity index (χ3v) is 6.60. The van der Waals surface area contributed by atoms with Crippen LogP contribution in [0.3, 0.4) is 0 Å². The Labute approximate surface area is 149 Å². The molecule has 1 saturated heterocycles. The standard InChI is InChI=1S/C19H28N2O2S/c1-20(16-7-8-18(13-16)24-2)19(23)14-3-5-15(6-4-14)21-11-9-17(22)10-12-21/h3-6,16-18,22H,7-13H2,1-2H3/t16-,18+/m1/s1. The SMILES string of the molecule is CS[C@H]1CC[C@@H](N(C)C(=O)c2ccc(N3CCC(O)CC3)cc2)C1. The molecule has 24 heavy (non-hydrogen) atoms. The maximum atomic E-state index is 12.7. The number of piperidine rings is 1. The third-order valence-electron chi connectivity index (χ3n) is 5.50. The number of nitrogens with zero attached hydrogens (tertiary/aromatic N) is 2. The Morgan fingerprint density at radius 2 is 1.83 bits per heavy atom. The molecule has 5 heteroatoms. The van der Waals surface area contributed by atoms with Crippen molar-refractivity contribution in [2.75, 3.05) is 31.3 Å². The second-order valence-corrected chi connectivity index (χ2v) is 8.14. The Bertz CT molecular complexity index is 555. The number of aliphatic hydroxyl groups excluding tert-OH is 1. The largest absolute Gasteiger partial charge is 0.393 e. The quantitative estimate of drug-likeness (QED) is 0.908. The molecule has 1 aliphatic carbocycles. The minimum absolute atomic E-state index is 0.127. The lowest BCUT2D eigenvalue weighted by Crippen LogP contribution is -2.36. The molecule has 1 aromatic rings. The zero-order valence-corrected chi connectivity index (χ0v) is 15.5. The summed E-state index contributed by atoms with van der Waals surface area (Å²) < 4.78 is 0. The molecule has 2 atom stereocenters. The molecule has 4 nitrogen and oxygen atoms in total. The zero-order valence-electron chi connectivity index (χ0n) is 14.6. The fourth-order valence-corrected chi connectivity index (χ4v) is 4.58. The van der Waals surface area contributed by atoms with Crippen LogP contribution in [0.15, 0.2) is 24.3 Å². The topological polar surface area (TPSA) is 43.8 Å². The van der Waals surface area contributed by atoms with Crippen LogP contribution in [0.4, 0.5) is 5.69 Å². The van der Waals surface area contributed by atoms with Gasteiger partial charge >= 0.3 is 0 Å². The molecule has 0 aromatic heterocycles. The molecule has 0 bridgehead atoms. The van der Waals surface area contributed by atoms with Gasteiger partial charge in [0.15, 0.2) is 0 Å². The summed E-state index contributed by atoms with van der Waals surface area (Å²) in [6.07, 6.45) is 7.08. The molecule has 0 spiro atoms. The fourth-order valence-electron chi connectivity index (χ4n) is 3.79. The maximum Gasteiger partial charge on any atom is 0.253 e. The summed E-state index contributed by atoms with van der Waals surface area (Å²) in [6, 6.07) is 8.34. The number of aliphatic hydroxyl groups is 1. The lowest BCUT2D eigenvalue weighted by atomic mass is 10.1. The highest BCUT2D eigenvalue weighted by molar-refractivity contribution is 7.99. The minimum atomic E-state index is -0.160. The van der Waals surface area contributed by atoms with E-state index in [1.165, 1.54) is 6.42 Å². The first-order valence-electron chi connectivity index (χ1n) is 8.91. The molecule has 2 aliphatic rings. The highest BCUT2D eigenvalue weighted by atomic mass is 32.2. The third kappa shape index (κ3) is 3.89. The molecule has 132 valence electrons. The molecular weight excluding hydrogens is 320 g/mol. The van der Waals surface area contributed by atoms with E-state index in [9.17, 15) is 9.90 Å². The fraction of sp³-hybridized carbons (Fsp3) is 0.632. The van der Waals surface area contributed by atoms with Crippen molar-refractivity contribution in [1.29, 1.82) is 0 Å². The van der Waals surface area contributed by atoms with Crippen molar-refractivity contribution in [2.24, 2.45) is 0 Å². The molecule has 0 radical (unpaired) electrons. The van der Waals surface area contributed by atoms with Crippen LogP contribution in [0, 0.1) is 0 Å². The van der Waals surface area contributed by atoms with Gasteiger partial charge in [0.1, 0.15) is 0 Å². The van der Waals surface area contributed by atoms with Crippen LogP contribution in [0.2, 0.25) is 0 Å². The summed E-state index contributed by atoms with van der Waals surface area (Å²) in [4.78, 5) is 16.9. The van der Waals surface area contributed by atoms with E-state index in [2.05, 4.69) is 11.2 Å². The van der Waals surface area contributed by atoms with Crippen LogP contribution in [0.5, 0.6) is 0 Å². The van der Waals surface area contributed by atoms with Gasteiger partial charge in [-0.15, -0.1) is 0 Å². The summed E-state index contributed by atoms with van der Waals surface area (Å²) in [5.74, 6) is 0.127. The van der Waals surface area contributed by atoms with Gasteiger partial charge < -0.3 is 14.9 Å². The van der Waals surface area contributed by atoms with Crippen molar-refractivity contribution < 1.29 is 9.90 Å². The van der Waals surface area contributed by atoms with E-state index < -0.39 is 0 Å². The summed E-state index contributed by atoms with van der Waals surface area (Å²) >= 11 is 1.92. The number of hydrogen-bond donors (Lipinski definition) is 1. The van der Waals surface area contributed by atoms with Gasteiger partial charge in [0, 0.05) is 42.7 Å². The minimum Gasteiger partial charge on any atom is -0.393 e. The number of amides is 1. The van der Waals surface area contributed by atoms with Gasteiger partial charge in [0.25, 0.3) is 5.91 Å². The summed E-state index contributed by atoms with van der Waals surface area (Å²) in [6.45, 7) is 1.76. The van der Waals surface area contributed by atoms with E-state index >= 15 is 0 Å². The smallest absolute Gasteiger partial charge is 0.253 e. The average Bonchev–Trinajstić information content (AvgIpc) is 3.10. The Morgan fingerprint density at radius 3 is 2.42 bits per heavy atom. The number of carbonyl (C=O) groups excluding carboxylic acids is 1. The van der Waals surface area contributed by atoms with Crippen LogP contribution in [-0.2, 0) is 0 Å². The lowest BCUT2D eigenvalue weighted by molar-refractivity contribution is 0.0735. The molecular formula is C19H28N2O2S. The van der Waals surface area contributed by atoms with Gasteiger partial charge in [-0.05, 0) is 62.6 Å². The van der Waals surface area contributed by atoms with Crippen molar-refractivity contribution in [2.45, 2.75) is 49.5 Å². The molecule has 0 unspecified atom stereocenters. The van der Waals surface area contributed by atoms with E-state index in [1.54, 1.807) is 0 Å². The van der Waals surface area contributed by atoms with E-state index in [0.717, 1.165) is 50.0 Å². The average molecular weight is 349 g/mol. The first-order valence-corrected chi connectivity index (χ1v) is 10.2. The van der Waals surface area contributed by atoms with E-state index in [4.69, 9.17) is 0 Å². The zero-order chi connectivity index (χ0) is 17.1. The number of benzene rings is 1. The highest BCUT2D eigenvalue weighted by Gasteiger charge is 2.29. The molecule has 1 heterocycles. The Hall–Kier alpha value is -1.20. The van der Waals surface area contributed by atoms with E-state index in [0.29, 0.717) is 11.3 Å². The van der Waals surface area contributed by atoms with Gasteiger partial charge in [-0.25, -0.2) is 0 Å². The van der Waals surface area contributed by atoms with Gasteiger partial charge in [-0.1, -0.05) is 0 Å². The molecule has 1 aromatic carbocycles. The Kier molecular flexibility index (Phi) is 5.72. The summed E-state index contributed by atoms with van der Waals surface area (Å²) in [5.41, 5.74) is 1.91. The van der Waals surface area contributed by atoms with Gasteiger partial charge in [-0.2, -0.15) is 11.8 Å². The van der Waals surface area contributed by atoms with Crippen LogP contribution >= 0.6 is 11.8 Å².